The quantitative estimate of drug-likeness (QED) is 0.597. The second kappa shape index (κ2) is 10.3. The number of ether oxygens (including phenoxy) is 1. The molecule has 164 valence electrons. The largest absolute Gasteiger partial charge is 0.383 e. The molecule has 2 N–H and O–H groups in total. The summed E-state index contributed by atoms with van der Waals surface area (Å²) in [5, 5.41) is 11.6. The number of aromatic amines is 1. The molecule has 6 heteroatoms. The van der Waals surface area contributed by atoms with Gasteiger partial charge in [-0.1, -0.05) is 54.5 Å². The van der Waals surface area contributed by atoms with Crippen LogP contribution in [0.2, 0.25) is 5.02 Å². The molecule has 2 aliphatic carbocycles. The fourth-order valence-electron chi connectivity index (χ4n) is 4.73. The zero-order valence-corrected chi connectivity index (χ0v) is 18.7. The number of hydrogen-bond acceptors (Lipinski definition) is 3. The summed E-state index contributed by atoms with van der Waals surface area (Å²) >= 11 is 6.19. The topological polar surface area (TPSA) is 67.0 Å². The predicted molar refractivity (Wildman–Crippen MR) is 124 cm³/mol. The van der Waals surface area contributed by atoms with Gasteiger partial charge in [-0.15, -0.1) is 0 Å². The van der Waals surface area contributed by atoms with Gasteiger partial charge in [0.15, 0.2) is 5.69 Å². The number of aromatic nitrogens is 2. The number of amides is 1. The van der Waals surface area contributed by atoms with Crippen molar-refractivity contribution in [1.82, 2.24) is 15.5 Å². The molecule has 2 aliphatic rings. The van der Waals surface area contributed by atoms with Crippen LogP contribution in [0.25, 0.3) is 0 Å². The average Bonchev–Trinajstić information content (AvgIpc) is 3.10. The maximum Gasteiger partial charge on any atom is 0.272 e. The molecule has 1 aromatic heterocycles. The third-order valence-corrected chi connectivity index (χ3v) is 6.55. The van der Waals surface area contributed by atoms with E-state index in [0.29, 0.717) is 18.2 Å². The minimum absolute atomic E-state index is 0.0842. The van der Waals surface area contributed by atoms with Crippen molar-refractivity contribution < 1.29 is 9.53 Å². The van der Waals surface area contributed by atoms with E-state index in [9.17, 15) is 4.79 Å². The van der Waals surface area contributed by atoms with Gasteiger partial charge in [-0.2, -0.15) is 5.10 Å². The summed E-state index contributed by atoms with van der Waals surface area (Å²) in [5.41, 5.74) is 3.91. The minimum atomic E-state index is -0.120. The van der Waals surface area contributed by atoms with Crippen molar-refractivity contribution in [1.29, 1.82) is 0 Å². The van der Waals surface area contributed by atoms with Crippen molar-refractivity contribution in [3.63, 3.8) is 0 Å². The third kappa shape index (κ3) is 5.28. The molecule has 0 aliphatic heterocycles. The van der Waals surface area contributed by atoms with Gasteiger partial charge in [0.05, 0.1) is 12.6 Å². The summed E-state index contributed by atoms with van der Waals surface area (Å²) in [7, 11) is 1.67. The first-order chi connectivity index (χ1) is 15.2. The lowest BCUT2D eigenvalue weighted by Crippen LogP contribution is -2.43. The lowest BCUT2D eigenvalue weighted by Gasteiger charge is -2.25. The Bertz CT molecular complexity index is 965. The number of halogens is 1. The highest BCUT2D eigenvalue weighted by Gasteiger charge is 2.29. The number of H-pyrrole nitrogens is 1. The van der Waals surface area contributed by atoms with Gasteiger partial charge in [0, 0.05) is 35.2 Å². The van der Waals surface area contributed by atoms with E-state index in [1.54, 1.807) is 7.11 Å². The minimum Gasteiger partial charge on any atom is -0.383 e. The summed E-state index contributed by atoms with van der Waals surface area (Å²) in [6, 6.07) is 7.94. The molecule has 1 amide bonds. The van der Waals surface area contributed by atoms with Crippen molar-refractivity contribution >= 4 is 17.5 Å². The van der Waals surface area contributed by atoms with E-state index in [1.165, 1.54) is 5.56 Å². The van der Waals surface area contributed by atoms with E-state index in [0.717, 1.165) is 54.8 Å². The van der Waals surface area contributed by atoms with E-state index in [-0.39, 0.29) is 17.9 Å². The van der Waals surface area contributed by atoms with Crippen LogP contribution >= 0.6 is 11.6 Å². The Morgan fingerprint density at radius 2 is 2.26 bits per heavy atom. The fraction of sp³-hybridized carbons (Fsp3) is 0.440. The molecule has 0 fully saturated rings. The molecule has 0 bridgehead atoms. The van der Waals surface area contributed by atoms with Gasteiger partial charge in [-0.25, -0.2) is 0 Å². The third-order valence-electron chi connectivity index (χ3n) is 6.32. The maximum atomic E-state index is 13.2. The molecule has 0 spiro atoms. The maximum absolute atomic E-state index is 13.2. The van der Waals surface area contributed by atoms with Crippen molar-refractivity contribution in [3.8, 4) is 0 Å². The second-order valence-electron chi connectivity index (χ2n) is 8.49. The lowest BCUT2D eigenvalue weighted by molar-refractivity contribution is 0.0865. The van der Waals surface area contributed by atoms with Crippen molar-refractivity contribution in [3.05, 3.63) is 76.1 Å². The number of nitrogens with zero attached hydrogens (tertiary/aromatic N) is 1. The molecule has 1 aromatic carbocycles. The lowest BCUT2D eigenvalue weighted by atomic mass is 9.91. The van der Waals surface area contributed by atoms with Crippen molar-refractivity contribution in [2.45, 2.75) is 50.5 Å². The van der Waals surface area contributed by atoms with Crippen molar-refractivity contribution in [2.75, 3.05) is 13.7 Å². The van der Waals surface area contributed by atoms with Crippen LogP contribution in [0.15, 0.2) is 48.6 Å². The monoisotopic (exact) mass is 439 g/mol. The highest BCUT2D eigenvalue weighted by molar-refractivity contribution is 6.30. The molecule has 2 aromatic rings. The molecule has 1 heterocycles. The Morgan fingerprint density at radius 3 is 3.03 bits per heavy atom. The number of rotatable bonds is 7. The van der Waals surface area contributed by atoms with Crippen LogP contribution in [0.5, 0.6) is 0 Å². The Hall–Kier alpha value is -2.37. The number of benzene rings is 1. The van der Waals surface area contributed by atoms with Crippen LogP contribution < -0.4 is 5.32 Å². The molecule has 1 unspecified atom stereocenters. The second-order valence-corrected chi connectivity index (χ2v) is 8.93. The van der Waals surface area contributed by atoms with E-state index in [2.05, 4.69) is 33.7 Å². The van der Waals surface area contributed by atoms with Crippen LogP contribution in [0.3, 0.4) is 0 Å². The highest BCUT2D eigenvalue weighted by Crippen LogP contribution is 2.34. The molecule has 0 saturated carbocycles. The van der Waals surface area contributed by atoms with Crippen molar-refractivity contribution in [2.24, 2.45) is 5.92 Å². The van der Waals surface area contributed by atoms with Crippen LogP contribution in [0.1, 0.15) is 58.9 Å². The zero-order valence-electron chi connectivity index (χ0n) is 17.9. The summed E-state index contributed by atoms with van der Waals surface area (Å²) < 4.78 is 5.39. The zero-order chi connectivity index (χ0) is 21.6. The molecule has 0 saturated heterocycles. The normalized spacial score (nSPS) is 21.4. The van der Waals surface area contributed by atoms with E-state index in [4.69, 9.17) is 16.3 Å². The molecule has 31 heavy (non-hydrogen) atoms. The molecule has 3 atom stereocenters. The molecule has 0 radical (unpaired) electrons. The van der Waals surface area contributed by atoms with Gasteiger partial charge in [-0.05, 0) is 49.8 Å². The number of methoxy groups -OCH3 is 1. The summed E-state index contributed by atoms with van der Waals surface area (Å²) in [6.07, 6.45) is 14.3. The number of carbonyl (C=O) groups excluding carboxylic acids is 1. The Balaban J connectivity index is 1.53. The number of carbonyl (C=O) groups is 1. The molecular formula is C25H30ClN3O2. The number of hydrogen-bond donors (Lipinski definition) is 2. The molecule has 5 nitrogen and oxygen atoms in total. The van der Waals surface area contributed by atoms with Crippen LogP contribution in [-0.2, 0) is 17.6 Å². The summed E-state index contributed by atoms with van der Waals surface area (Å²) in [5.74, 6) is 0.416. The van der Waals surface area contributed by atoms with Gasteiger partial charge in [-0.3, -0.25) is 9.89 Å². The Labute approximate surface area is 188 Å². The fourth-order valence-corrected chi connectivity index (χ4v) is 4.95. The predicted octanol–water partition coefficient (Wildman–Crippen LogP) is 4.99. The first-order valence-corrected chi connectivity index (χ1v) is 11.5. The van der Waals surface area contributed by atoms with Gasteiger partial charge >= 0.3 is 0 Å². The molecular weight excluding hydrogens is 410 g/mol. The standard InChI is InChI=1S/C25H30ClN3O2/c1-31-16-22(18-9-3-2-4-10-18)27-25(30)24-21-13-6-5-11-19(23(21)28-29-24)14-17-8-7-12-20(26)15-17/h2-4,7-9,12,15,18-19,22H,5-6,10-11,13-14,16H2,1H3,(H,27,30)(H,28,29)/t18?,19-,22+/m1/s1. The SMILES string of the molecule is COC[C@H](NC(=O)c1n[nH]c2c1CCCC[C@@H]2Cc1cccc(Cl)c1)C1C=CC=CC1. The van der Waals surface area contributed by atoms with Gasteiger partial charge in [0.1, 0.15) is 0 Å². The molecule has 4 rings (SSSR count). The highest BCUT2D eigenvalue weighted by atomic mass is 35.5. The van der Waals surface area contributed by atoms with Crippen LogP contribution in [0, 0.1) is 5.92 Å². The Morgan fingerprint density at radius 1 is 1.35 bits per heavy atom. The van der Waals surface area contributed by atoms with E-state index in [1.807, 2.05) is 30.4 Å². The van der Waals surface area contributed by atoms with Crippen LogP contribution in [-0.4, -0.2) is 35.9 Å². The smallest absolute Gasteiger partial charge is 0.272 e. The number of nitrogens with one attached hydrogen (secondary N) is 2. The first-order valence-electron chi connectivity index (χ1n) is 11.1. The summed E-state index contributed by atoms with van der Waals surface area (Å²) in [4.78, 5) is 13.2. The van der Waals surface area contributed by atoms with Gasteiger partial charge in [0.2, 0.25) is 0 Å². The summed E-state index contributed by atoms with van der Waals surface area (Å²) in [6.45, 7) is 0.471. The van der Waals surface area contributed by atoms with Gasteiger partial charge in [0.25, 0.3) is 5.91 Å². The van der Waals surface area contributed by atoms with E-state index >= 15 is 0 Å². The van der Waals surface area contributed by atoms with Gasteiger partial charge < -0.3 is 10.1 Å². The number of fused-ring (bicyclic) bond motifs is 1. The van der Waals surface area contributed by atoms with Crippen LogP contribution in [0.4, 0.5) is 0 Å². The average molecular weight is 440 g/mol. The van der Waals surface area contributed by atoms with E-state index < -0.39 is 0 Å². The Kier molecular flexibility index (Phi) is 7.25. The number of allylic oxidation sites excluding steroid dienone is 3. The first kappa shape index (κ1) is 21.8.